The Hall–Kier alpha value is -2.24. The van der Waals surface area contributed by atoms with Gasteiger partial charge in [-0.1, -0.05) is 11.6 Å². The summed E-state index contributed by atoms with van der Waals surface area (Å²) in [5, 5.41) is 12.5. The molecule has 2 aliphatic heterocycles. The third-order valence-corrected chi connectivity index (χ3v) is 5.72. The van der Waals surface area contributed by atoms with Gasteiger partial charge in [0.1, 0.15) is 5.69 Å². The first-order chi connectivity index (χ1) is 13.1. The summed E-state index contributed by atoms with van der Waals surface area (Å²) >= 11 is 6.06. The van der Waals surface area contributed by atoms with Crippen LogP contribution in [0, 0.1) is 0 Å². The Labute approximate surface area is 164 Å². The van der Waals surface area contributed by atoms with E-state index in [0.29, 0.717) is 23.1 Å². The molecule has 2 heterocycles. The highest BCUT2D eigenvalue weighted by molar-refractivity contribution is 6.30. The molecule has 27 heavy (non-hydrogen) atoms. The van der Waals surface area contributed by atoms with E-state index in [0.717, 1.165) is 42.9 Å². The highest BCUT2D eigenvalue weighted by Crippen LogP contribution is 2.39. The number of rotatable bonds is 4. The van der Waals surface area contributed by atoms with Crippen molar-refractivity contribution in [2.45, 2.75) is 25.0 Å². The zero-order valence-corrected chi connectivity index (χ0v) is 16.4. The van der Waals surface area contributed by atoms with Crippen LogP contribution in [-0.2, 0) is 5.72 Å². The number of methoxy groups -OCH3 is 2. The fourth-order valence-electron chi connectivity index (χ4n) is 4.09. The highest BCUT2D eigenvalue weighted by Gasteiger charge is 2.52. The molecule has 2 aromatic rings. The Balaban J connectivity index is 1.78. The lowest BCUT2D eigenvalue weighted by Crippen LogP contribution is -2.41. The van der Waals surface area contributed by atoms with E-state index in [1.807, 2.05) is 42.5 Å². The minimum atomic E-state index is -1.12. The van der Waals surface area contributed by atoms with Crippen molar-refractivity contribution in [2.75, 3.05) is 32.2 Å². The average Bonchev–Trinajstić information content (AvgIpc) is 3.02. The Morgan fingerprint density at radius 1 is 1.04 bits per heavy atom. The van der Waals surface area contributed by atoms with Crippen LogP contribution in [0.4, 0.5) is 5.69 Å². The fourth-order valence-corrected chi connectivity index (χ4v) is 4.21. The highest BCUT2D eigenvalue weighted by atomic mass is 35.5. The third kappa shape index (κ3) is 3.05. The Bertz CT molecular complexity index is 881. The van der Waals surface area contributed by atoms with Gasteiger partial charge in [-0.05, 0) is 55.3 Å². The zero-order chi connectivity index (χ0) is 19.0. The van der Waals surface area contributed by atoms with Crippen molar-refractivity contribution >= 4 is 23.1 Å². The number of benzene rings is 2. The molecule has 5 nitrogen and oxygen atoms in total. The van der Waals surface area contributed by atoms with Crippen molar-refractivity contribution < 1.29 is 19.2 Å². The summed E-state index contributed by atoms with van der Waals surface area (Å²) in [6.07, 6.45) is 3.13. The van der Waals surface area contributed by atoms with Gasteiger partial charge in [0.2, 0.25) is 0 Å². The summed E-state index contributed by atoms with van der Waals surface area (Å²) in [6.45, 7) is 1.28. The summed E-state index contributed by atoms with van der Waals surface area (Å²) in [6, 6.07) is 13.4. The predicted octanol–water partition coefficient (Wildman–Crippen LogP) is 3.62. The zero-order valence-electron chi connectivity index (χ0n) is 15.6. The standard InChI is InChI=1S/C21H24ClN2O3/c1-26-18-11-6-15(13-19(18)27-2)21(25)14-23(17-9-7-16(22)8-10-17)20-5-3-4-12-24(20)21/h6-11,13,25H,3-5,12,14H2,1-2H3/q+1/t21-/m1/s1. The van der Waals surface area contributed by atoms with Gasteiger partial charge in [0.05, 0.1) is 20.8 Å². The number of anilines is 1. The molecule has 0 fully saturated rings. The molecule has 142 valence electrons. The van der Waals surface area contributed by atoms with Gasteiger partial charge in [-0.2, -0.15) is 0 Å². The van der Waals surface area contributed by atoms with Crippen LogP contribution in [0.3, 0.4) is 0 Å². The third-order valence-electron chi connectivity index (χ3n) is 5.46. The van der Waals surface area contributed by atoms with Gasteiger partial charge in [0.15, 0.2) is 18.0 Å². The lowest BCUT2D eigenvalue weighted by atomic mass is 10.0. The lowest BCUT2D eigenvalue weighted by molar-refractivity contribution is -0.661. The quantitative estimate of drug-likeness (QED) is 0.814. The molecule has 2 aliphatic rings. The molecule has 0 bridgehead atoms. The van der Waals surface area contributed by atoms with Crippen LogP contribution in [0.1, 0.15) is 24.8 Å². The molecule has 0 saturated carbocycles. The molecule has 4 rings (SSSR count). The Morgan fingerprint density at radius 2 is 1.78 bits per heavy atom. The van der Waals surface area contributed by atoms with Crippen molar-refractivity contribution in [1.82, 2.24) is 0 Å². The van der Waals surface area contributed by atoms with Crippen molar-refractivity contribution in [3.63, 3.8) is 0 Å². The summed E-state index contributed by atoms with van der Waals surface area (Å²) in [5.74, 6) is 2.42. The van der Waals surface area contributed by atoms with Crippen LogP contribution < -0.4 is 14.4 Å². The number of aliphatic hydroxyl groups is 1. The Morgan fingerprint density at radius 3 is 2.48 bits per heavy atom. The van der Waals surface area contributed by atoms with Crippen LogP contribution in [0.15, 0.2) is 42.5 Å². The molecule has 0 spiro atoms. The molecule has 6 heteroatoms. The molecule has 1 N–H and O–H groups in total. The smallest absolute Gasteiger partial charge is 0.271 e. The predicted molar refractivity (Wildman–Crippen MR) is 106 cm³/mol. The number of amidine groups is 1. The number of hydrogen-bond acceptors (Lipinski definition) is 4. The van der Waals surface area contributed by atoms with E-state index < -0.39 is 5.72 Å². The number of halogens is 1. The monoisotopic (exact) mass is 387 g/mol. The SMILES string of the molecule is COc1ccc([C@]2(O)CN(c3ccc(Cl)cc3)C3=[N+]2CCCC3)cc1OC. The van der Waals surface area contributed by atoms with Gasteiger partial charge < -0.3 is 14.6 Å². The first-order valence-corrected chi connectivity index (χ1v) is 9.56. The second-order valence-electron chi connectivity index (χ2n) is 6.97. The van der Waals surface area contributed by atoms with Crippen LogP contribution in [0.25, 0.3) is 0 Å². The van der Waals surface area contributed by atoms with E-state index in [2.05, 4.69) is 9.48 Å². The number of ether oxygens (including phenoxy) is 2. The molecule has 0 radical (unpaired) electrons. The van der Waals surface area contributed by atoms with Gasteiger partial charge >= 0.3 is 0 Å². The van der Waals surface area contributed by atoms with E-state index >= 15 is 0 Å². The topological polar surface area (TPSA) is 44.9 Å². The normalized spacial score (nSPS) is 22.0. The summed E-state index contributed by atoms with van der Waals surface area (Å²) in [7, 11) is 3.22. The van der Waals surface area contributed by atoms with E-state index in [9.17, 15) is 5.11 Å². The van der Waals surface area contributed by atoms with Crippen molar-refractivity contribution in [1.29, 1.82) is 0 Å². The molecular formula is C21H24ClN2O3+. The van der Waals surface area contributed by atoms with Crippen LogP contribution in [0.5, 0.6) is 11.5 Å². The maximum absolute atomic E-state index is 11.8. The number of nitrogens with zero attached hydrogens (tertiary/aromatic N) is 2. The van der Waals surface area contributed by atoms with Crippen LogP contribution in [-0.4, -0.2) is 42.8 Å². The number of β-amino-alcohol motifs (C(OH)–C–C–N with tert-alkyl or cyclic N) is 1. The van der Waals surface area contributed by atoms with Crippen molar-refractivity contribution in [3.8, 4) is 11.5 Å². The van der Waals surface area contributed by atoms with Gasteiger partial charge in [-0.25, -0.2) is 9.48 Å². The van der Waals surface area contributed by atoms with Crippen molar-refractivity contribution in [3.05, 3.63) is 53.1 Å². The van der Waals surface area contributed by atoms with Crippen molar-refractivity contribution in [2.24, 2.45) is 0 Å². The van der Waals surface area contributed by atoms with Gasteiger partial charge in [0, 0.05) is 17.0 Å². The maximum atomic E-state index is 11.8. The van der Waals surface area contributed by atoms with Crippen LogP contribution in [0.2, 0.25) is 5.02 Å². The fraction of sp³-hybridized carbons (Fsp3) is 0.381. The molecule has 1 atom stereocenters. The molecule has 0 saturated heterocycles. The first kappa shape index (κ1) is 18.1. The van der Waals surface area contributed by atoms with E-state index in [4.69, 9.17) is 21.1 Å². The molecule has 0 aromatic heterocycles. The average molecular weight is 388 g/mol. The molecule has 0 amide bonds. The van der Waals surface area contributed by atoms with Crippen LogP contribution >= 0.6 is 11.6 Å². The number of hydrogen-bond donors (Lipinski definition) is 1. The minimum absolute atomic E-state index is 0.458. The molecular weight excluding hydrogens is 364 g/mol. The molecule has 0 unspecified atom stereocenters. The van der Waals surface area contributed by atoms with E-state index in [1.165, 1.54) is 0 Å². The Kier molecular flexibility index (Phi) is 4.74. The van der Waals surface area contributed by atoms with Gasteiger partial charge in [-0.3, -0.25) is 0 Å². The second kappa shape index (κ2) is 7.06. The second-order valence-corrected chi connectivity index (χ2v) is 7.41. The lowest BCUT2D eigenvalue weighted by Gasteiger charge is -2.25. The summed E-state index contributed by atoms with van der Waals surface area (Å²) in [5.41, 5.74) is 0.725. The molecule has 2 aromatic carbocycles. The first-order valence-electron chi connectivity index (χ1n) is 9.18. The largest absolute Gasteiger partial charge is 0.493 e. The summed E-state index contributed by atoms with van der Waals surface area (Å²) < 4.78 is 12.9. The molecule has 0 aliphatic carbocycles. The van der Waals surface area contributed by atoms with Gasteiger partial charge in [-0.15, -0.1) is 0 Å². The minimum Gasteiger partial charge on any atom is -0.493 e. The maximum Gasteiger partial charge on any atom is 0.271 e. The summed E-state index contributed by atoms with van der Waals surface area (Å²) in [4.78, 5) is 2.20. The van der Waals surface area contributed by atoms with Gasteiger partial charge in [0.25, 0.3) is 11.6 Å². The van der Waals surface area contributed by atoms with E-state index in [-0.39, 0.29) is 0 Å². The van der Waals surface area contributed by atoms with E-state index in [1.54, 1.807) is 14.2 Å².